The average molecular weight is 356 g/mol. The van der Waals surface area contributed by atoms with Gasteiger partial charge in [-0.2, -0.15) is 0 Å². The molecule has 4 aliphatic carbocycles. The minimum Gasteiger partial charge on any atom is -0.389 e. The summed E-state index contributed by atoms with van der Waals surface area (Å²) in [6.45, 7) is 6.33. The van der Waals surface area contributed by atoms with E-state index in [1.54, 1.807) is 6.08 Å². The molecule has 0 amide bonds. The summed E-state index contributed by atoms with van der Waals surface area (Å²) in [5, 5.41) is 9.52. The Morgan fingerprint density at radius 2 is 2.12 bits per heavy atom. The van der Waals surface area contributed by atoms with E-state index in [2.05, 4.69) is 26.8 Å². The van der Waals surface area contributed by atoms with Crippen molar-refractivity contribution in [1.29, 1.82) is 0 Å². The third-order valence-corrected chi connectivity index (χ3v) is 8.78. The number of aliphatic hydroxyl groups is 1. The number of carbonyl (C=O) groups is 2. The van der Waals surface area contributed by atoms with Crippen molar-refractivity contribution in [3.8, 4) is 0 Å². The monoisotopic (exact) mass is 356 g/mol. The van der Waals surface area contributed by atoms with Crippen LogP contribution in [0.15, 0.2) is 23.8 Å². The normalized spacial score (nSPS) is 53.9. The lowest BCUT2D eigenvalue weighted by molar-refractivity contribution is -0.132. The summed E-state index contributed by atoms with van der Waals surface area (Å²) in [5.74, 6) is 1.21. The Hall–Kier alpha value is -1.26. The third-order valence-electron chi connectivity index (χ3n) is 8.78. The highest BCUT2D eigenvalue weighted by molar-refractivity contribution is 6.01. The molecule has 1 saturated heterocycles. The lowest BCUT2D eigenvalue weighted by Crippen LogP contribution is -2.57. The first-order valence-corrected chi connectivity index (χ1v) is 10.0. The van der Waals surface area contributed by atoms with Crippen LogP contribution >= 0.6 is 0 Å². The summed E-state index contributed by atoms with van der Waals surface area (Å²) >= 11 is 0. The van der Waals surface area contributed by atoms with Crippen LogP contribution in [0.25, 0.3) is 0 Å². The van der Waals surface area contributed by atoms with Crippen LogP contribution in [0.3, 0.4) is 0 Å². The van der Waals surface area contributed by atoms with E-state index in [0.29, 0.717) is 17.8 Å². The number of ether oxygens (including phenoxy) is 1. The van der Waals surface area contributed by atoms with Gasteiger partial charge in [-0.25, -0.2) is 0 Å². The topological polar surface area (TPSA) is 66.9 Å². The van der Waals surface area contributed by atoms with Gasteiger partial charge in [-0.1, -0.05) is 25.5 Å². The minimum absolute atomic E-state index is 0.00131. The van der Waals surface area contributed by atoms with Gasteiger partial charge in [0.05, 0.1) is 6.10 Å². The molecule has 0 aromatic heterocycles. The lowest BCUT2D eigenvalue weighted by Gasteiger charge is -2.54. The predicted molar refractivity (Wildman–Crippen MR) is 96.2 cm³/mol. The molecule has 4 fully saturated rings. The van der Waals surface area contributed by atoms with Gasteiger partial charge in [0.2, 0.25) is 0 Å². The van der Waals surface area contributed by atoms with Crippen molar-refractivity contribution >= 4 is 11.6 Å². The van der Waals surface area contributed by atoms with E-state index >= 15 is 0 Å². The van der Waals surface area contributed by atoms with Gasteiger partial charge in [0.25, 0.3) is 0 Å². The smallest absolute Gasteiger partial charge is 0.178 e. The van der Waals surface area contributed by atoms with Crippen molar-refractivity contribution in [1.82, 2.24) is 0 Å². The van der Waals surface area contributed by atoms with Crippen molar-refractivity contribution in [3.05, 3.63) is 23.8 Å². The fourth-order valence-corrected chi connectivity index (χ4v) is 7.80. The third kappa shape index (κ3) is 1.73. The zero-order valence-corrected chi connectivity index (χ0v) is 15.8. The summed E-state index contributed by atoms with van der Waals surface area (Å²) in [7, 11) is 0. The molecule has 1 aliphatic heterocycles. The Morgan fingerprint density at radius 3 is 2.85 bits per heavy atom. The highest BCUT2D eigenvalue weighted by Crippen LogP contribution is 2.75. The van der Waals surface area contributed by atoms with Gasteiger partial charge < -0.3 is 9.84 Å². The molecule has 0 aromatic carbocycles. The van der Waals surface area contributed by atoms with Crippen molar-refractivity contribution in [3.63, 3.8) is 0 Å². The number of hydrogen-bond donors (Lipinski definition) is 1. The first-order chi connectivity index (χ1) is 12.3. The highest BCUT2D eigenvalue weighted by Gasteiger charge is 2.79. The van der Waals surface area contributed by atoms with Gasteiger partial charge in [-0.05, 0) is 67.9 Å². The average Bonchev–Trinajstić information content (AvgIpc) is 3.24. The van der Waals surface area contributed by atoms with Crippen LogP contribution in [0.4, 0.5) is 0 Å². The molecule has 140 valence electrons. The molecule has 4 heteroatoms. The number of Topliss-reactive ketones (excluding diaryl/α,β-unsaturated/α-hetero) is 1. The van der Waals surface area contributed by atoms with E-state index in [0.717, 1.165) is 25.7 Å². The van der Waals surface area contributed by atoms with Crippen LogP contribution < -0.4 is 0 Å². The van der Waals surface area contributed by atoms with Crippen LogP contribution in [-0.2, 0) is 14.3 Å². The summed E-state index contributed by atoms with van der Waals surface area (Å²) < 4.78 is 6.50. The summed E-state index contributed by atoms with van der Waals surface area (Å²) in [6, 6.07) is 0. The maximum absolute atomic E-state index is 12.5. The second kappa shape index (κ2) is 4.96. The molecule has 1 N–H and O–H groups in total. The van der Waals surface area contributed by atoms with Crippen molar-refractivity contribution < 1.29 is 19.4 Å². The van der Waals surface area contributed by atoms with Crippen LogP contribution in [0.2, 0.25) is 0 Å². The van der Waals surface area contributed by atoms with Crippen LogP contribution in [0.5, 0.6) is 0 Å². The lowest BCUT2D eigenvalue weighted by atomic mass is 9.47. The van der Waals surface area contributed by atoms with Gasteiger partial charge in [-0.3, -0.25) is 9.59 Å². The van der Waals surface area contributed by atoms with Crippen LogP contribution in [0, 0.1) is 34.5 Å². The van der Waals surface area contributed by atoms with E-state index < -0.39 is 0 Å². The van der Waals surface area contributed by atoms with E-state index in [1.807, 2.05) is 6.08 Å². The van der Waals surface area contributed by atoms with E-state index in [-0.39, 0.29) is 46.6 Å². The second-order valence-corrected chi connectivity index (χ2v) is 9.78. The molecular weight excluding hydrogens is 328 g/mol. The quantitative estimate of drug-likeness (QED) is 0.773. The maximum atomic E-state index is 12.5. The molecule has 5 aliphatic rings. The fraction of sp³-hybridized carbons (Fsp3) is 0.727. The number of allylic oxidation sites excluding steroid dienone is 2. The van der Waals surface area contributed by atoms with Crippen LogP contribution in [0.1, 0.15) is 46.5 Å². The summed E-state index contributed by atoms with van der Waals surface area (Å²) in [4.78, 5) is 24.4. The number of carbonyl (C=O) groups excluding carboxylic acids is 2. The first-order valence-electron chi connectivity index (χ1n) is 10.0. The van der Waals surface area contributed by atoms with Crippen molar-refractivity contribution in [2.45, 2.75) is 58.2 Å². The van der Waals surface area contributed by atoms with Gasteiger partial charge in [0.1, 0.15) is 12.2 Å². The predicted octanol–water partition coefficient (Wildman–Crippen LogP) is 2.85. The Bertz CT molecular complexity index is 766. The molecule has 0 bridgehead atoms. The number of ketones is 2. The molecule has 4 nitrogen and oxygen atoms in total. The van der Waals surface area contributed by atoms with Gasteiger partial charge in [0, 0.05) is 11.3 Å². The molecular formula is C22H28O4. The SMILES string of the molecule is C[C@H]1C[C@H]2C3CCC4=CC(=O)C=C[C@]4(C)[C@@]34O[C@H]4C[C@@]2(C)[C@H]1C(=O)CO. The number of rotatable bonds is 2. The van der Waals surface area contributed by atoms with Gasteiger partial charge >= 0.3 is 0 Å². The molecule has 1 unspecified atom stereocenters. The highest BCUT2D eigenvalue weighted by atomic mass is 16.6. The largest absolute Gasteiger partial charge is 0.389 e. The molecule has 26 heavy (non-hydrogen) atoms. The zero-order chi connectivity index (χ0) is 18.5. The summed E-state index contributed by atoms with van der Waals surface area (Å²) in [5.41, 5.74) is 0.745. The molecule has 5 rings (SSSR count). The molecule has 0 radical (unpaired) electrons. The molecule has 3 saturated carbocycles. The first kappa shape index (κ1) is 16.9. The summed E-state index contributed by atoms with van der Waals surface area (Å²) in [6.07, 6.45) is 9.68. The molecule has 0 aromatic rings. The second-order valence-electron chi connectivity index (χ2n) is 9.78. The van der Waals surface area contributed by atoms with Crippen molar-refractivity contribution in [2.75, 3.05) is 6.61 Å². The molecule has 8 atom stereocenters. The standard InChI is InChI=1S/C22H28O4/c1-12-8-16-15-5-4-13-9-14(24)6-7-21(13,3)22(15)18(26-22)10-20(16,2)19(12)17(25)11-23/h6-7,9,12,15-16,18-19,23H,4-5,8,10-11H2,1-3H3/t12-,15?,16-,18-,19+,20+,21-,22+/m0/s1. The fourth-order valence-electron chi connectivity index (χ4n) is 7.80. The van der Waals surface area contributed by atoms with Crippen LogP contribution in [-0.4, -0.2) is 35.0 Å². The number of hydrogen-bond acceptors (Lipinski definition) is 4. The van der Waals surface area contributed by atoms with Gasteiger partial charge in [-0.15, -0.1) is 0 Å². The molecule has 1 spiro atoms. The Labute approximate surface area is 154 Å². The Kier molecular flexibility index (Phi) is 3.22. The molecule has 1 heterocycles. The minimum atomic E-state index is -0.353. The number of aliphatic hydroxyl groups excluding tert-OH is 1. The van der Waals surface area contributed by atoms with Crippen molar-refractivity contribution in [2.24, 2.45) is 34.5 Å². The van der Waals surface area contributed by atoms with Gasteiger partial charge in [0.15, 0.2) is 11.6 Å². The number of epoxide rings is 1. The Morgan fingerprint density at radius 1 is 1.35 bits per heavy atom. The van der Waals surface area contributed by atoms with E-state index in [1.165, 1.54) is 5.57 Å². The maximum Gasteiger partial charge on any atom is 0.178 e. The number of fused-ring (bicyclic) bond motifs is 3. The Balaban J connectivity index is 1.57. The van der Waals surface area contributed by atoms with E-state index in [9.17, 15) is 14.7 Å². The zero-order valence-electron chi connectivity index (χ0n) is 15.8. The van der Waals surface area contributed by atoms with E-state index in [4.69, 9.17) is 4.74 Å².